The van der Waals surface area contributed by atoms with Gasteiger partial charge in [0.1, 0.15) is 5.82 Å². The molecule has 0 saturated carbocycles. The second kappa shape index (κ2) is 5.87. The van der Waals surface area contributed by atoms with Crippen molar-refractivity contribution in [3.8, 4) is 0 Å². The maximum Gasteiger partial charge on any atom is 0.167 e. The Labute approximate surface area is 126 Å². The molecule has 1 aromatic heterocycles. The van der Waals surface area contributed by atoms with Gasteiger partial charge in [-0.05, 0) is 42.3 Å². The van der Waals surface area contributed by atoms with Crippen LogP contribution in [0.2, 0.25) is 0 Å². The standard InChI is InChI=1S/C16H16FN3S/c1-10-2-7-13-14(8-10)20-16(19-13)21-15(9-18)11-3-5-12(17)6-4-11/h2-8,15H,9,18H2,1H3,(H,19,20). The van der Waals surface area contributed by atoms with Gasteiger partial charge in [-0.15, -0.1) is 0 Å². The molecular formula is C16H16FN3S. The zero-order valence-electron chi connectivity index (χ0n) is 11.6. The molecule has 3 N–H and O–H groups in total. The third-order valence-corrected chi connectivity index (χ3v) is 4.49. The van der Waals surface area contributed by atoms with Crippen LogP contribution in [0.4, 0.5) is 4.39 Å². The Bertz CT molecular complexity index is 752. The van der Waals surface area contributed by atoms with Gasteiger partial charge >= 0.3 is 0 Å². The van der Waals surface area contributed by atoms with Crippen molar-refractivity contribution in [1.82, 2.24) is 9.97 Å². The first-order chi connectivity index (χ1) is 10.2. The van der Waals surface area contributed by atoms with E-state index in [0.29, 0.717) is 6.54 Å². The zero-order valence-corrected chi connectivity index (χ0v) is 12.5. The largest absolute Gasteiger partial charge is 0.333 e. The number of nitrogens with two attached hydrogens (primary N) is 1. The molecule has 21 heavy (non-hydrogen) atoms. The quantitative estimate of drug-likeness (QED) is 0.721. The number of rotatable bonds is 4. The molecule has 0 amide bonds. The van der Waals surface area contributed by atoms with Crippen LogP contribution in [0.5, 0.6) is 0 Å². The SMILES string of the molecule is Cc1ccc2nc(SC(CN)c3ccc(F)cc3)[nH]c2c1. The molecule has 0 fully saturated rings. The van der Waals surface area contributed by atoms with E-state index in [1.165, 1.54) is 17.7 Å². The summed E-state index contributed by atoms with van der Waals surface area (Å²) in [6.07, 6.45) is 0. The molecule has 0 radical (unpaired) electrons. The molecule has 1 heterocycles. The number of fused-ring (bicyclic) bond motifs is 1. The van der Waals surface area contributed by atoms with Gasteiger partial charge in [0.15, 0.2) is 5.16 Å². The summed E-state index contributed by atoms with van der Waals surface area (Å²) in [7, 11) is 0. The summed E-state index contributed by atoms with van der Waals surface area (Å²) < 4.78 is 13.0. The maximum atomic E-state index is 13.0. The monoisotopic (exact) mass is 301 g/mol. The van der Waals surface area contributed by atoms with Crippen molar-refractivity contribution in [3.63, 3.8) is 0 Å². The Morgan fingerprint density at radius 2 is 2.00 bits per heavy atom. The second-order valence-corrected chi connectivity index (χ2v) is 6.15. The number of nitrogens with zero attached hydrogens (tertiary/aromatic N) is 1. The lowest BCUT2D eigenvalue weighted by atomic mass is 10.1. The number of aromatic nitrogens is 2. The summed E-state index contributed by atoms with van der Waals surface area (Å²) in [5.74, 6) is -0.237. The van der Waals surface area contributed by atoms with Gasteiger partial charge in [-0.1, -0.05) is 30.0 Å². The molecule has 3 rings (SSSR count). The Kier molecular flexibility index (Phi) is 3.94. The lowest BCUT2D eigenvalue weighted by molar-refractivity contribution is 0.627. The predicted molar refractivity (Wildman–Crippen MR) is 84.9 cm³/mol. The van der Waals surface area contributed by atoms with Gasteiger partial charge < -0.3 is 10.7 Å². The summed E-state index contributed by atoms with van der Waals surface area (Å²) in [5.41, 5.74) is 10.0. The number of imidazole rings is 1. The summed E-state index contributed by atoms with van der Waals surface area (Å²) >= 11 is 1.57. The molecule has 108 valence electrons. The average Bonchev–Trinajstić information content (AvgIpc) is 2.87. The number of hydrogen-bond acceptors (Lipinski definition) is 3. The van der Waals surface area contributed by atoms with Gasteiger partial charge in [0, 0.05) is 11.8 Å². The number of halogens is 1. The van der Waals surface area contributed by atoms with E-state index in [4.69, 9.17) is 5.73 Å². The van der Waals surface area contributed by atoms with Crippen molar-refractivity contribution >= 4 is 22.8 Å². The van der Waals surface area contributed by atoms with Crippen LogP contribution < -0.4 is 5.73 Å². The van der Waals surface area contributed by atoms with Gasteiger partial charge in [-0.2, -0.15) is 0 Å². The third kappa shape index (κ3) is 3.09. The molecule has 1 atom stereocenters. The van der Waals surface area contributed by atoms with Crippen molar-refractivity contribution in [2.75, 3.05) is 6.54 Å². The fraction of sp³-hybridized carbons (Fsp3) is 0.188. The molecular weight excluding hydrogens is 285 g/mol. The lowest BCUT2D eigenvalue weighted by Crippen LogP contribution is -2.09. The number of aromatic amines is 1. The van der Waals surface area contributed by atoms with Gasteiger partial charge in [0.05, 0.1) is 11.0 Å². The Balaban J connectivity index is 1.86. The van der Waals surface area contributed by atoms with Crippen LogP contribution in [0.1, 0.15) is 16.4 Å². The van der Waals surface area contributed by atoms with E-state index < -0.39 is 0 Å². The highest BCUT2D eigenvalue weighted by atomic mass is 32.2. The summed E-state index contributed by atoms with van der Waals surface area (Å²) in [6, 6.07) is 12.6. The Morgan fingerprint density at radius 3 is 2.71 bits per heavy atom. The maximum absolute atomic E-state index is 13.0. The fourth-order valence-electron chi connectivity index (χ4n) is 2.22. The van der Waals surface area contributed by atoms with Crippen LogP contribution in [0.3, 0.4) is 0 Å². The van der Waals surface area contributed by atoms with E-state index in [1.807, 2.05) is 19.1 Å². The van der Waals surface area contributed by atoms with Gasteiger partial charge in [0.25, 0.3) is 0 Å². The first-order valence-corrected chi connectivity index (χ1v) is 7.62. The molecule has 3 aromatic rings. The molecule has 0 aliphatic heterocycles. The number of aryl methyl sites for hydroxylation is 1. The lowest BCUT2D eigenvalue weighted by Gasteiger charge is -2.12. The van der Waals surface area contributed by atoms with E-state index in [0.717, 1.165) is 21.8 Å². The van der Waals surface area contributed by atoms with E-state index in [9.17, 15) is 4.39 Å². The molecule has 5 heteroatoms. The molecule has 3 nitrogen and oxygen atoms in total. The van der Waals surface area contributed by atoms with Crippen LogP contribution >= 0.6 is 11.8 Å². The number of thioether (sulfide) groups is 1. The van der Waals surface area contributed by atoms with E-state index in [2.05, 4.69) is 16.0 Å². The third-order valence-electron chi connectivity index (χ3n) is 3.33. The molecule has 0 spiro atoms. The minimum absolute atomic E-state index is 0.0484. The Morgan fingerprint density at radius 1 is 1.24 bits per heavy atom. The number of nitrogens with one attached hydrogen (secondary N) is 1. The highest BCUT2D eigenvalue weighted by molar-refractivity contribution is 7.99. The van der Waals surface area contributed by atoms with Crippen molar-refractivity contribution in [2.24, 2.45) is 5.73 Å². The molecule has 2 aromatic carbocycles. The zero-order chi connectivity index (χ0) is 14.8. The summed E-state index contributed by atoms with van der Waals surface area (Å²) in [5, 5.41) is 0.877. The Hall–Kier alpha value is -1.85. The fourth-order valence-corrected chi connectivity index (χ4v) is 3.20. The van der Waals surface area contributed by atoms with Crippen molar-refractivity contribution < 1.29 is 4.39 Å². The molecule has 0 saturated heterocycles. The minimum atomic E-state index is -0.237. The second-order valence-electron chi connectivity index (χ2n) is 4.96. The highest BCUT2D eigenvalue weighted by Crippen LogP contribution is 2.33. The van der Waals surface area contributed by atoms with Crippen molar-refractivity contribution in [1.29, 1.82) is 0 Å². The van der Waals surface area contributed by atoms with Crippen LogP contribution in [0, 0.1) is 12.7 Å². The van der Waals surface area contributed by atoms with Crippen LogP contribution in [-0.2, 0) is 0 Å². The van der Waals surface area contributed by atoms with Crippen molar-refractivity contribution in [2.45, 2.75) is 17.3 Å². The first kappa shape index (κ1) is 14.1. The van der Waals surface area contributed by atoms with Gasteiger partial charge in [-0.3, -0.25) is 0 Å². The smallest absolute Gasteiger partial charge is 0.167 e. The molecule has 1 unspecified atom stereocenters. The minimum Gasteiger partial charge on any atom is -0.333 e. The highest BCUT2D eigenvalue weighted by Gasteiger charge is 2.14. The first-order valence-electron chi connectivity index (χ1n) is 6.74. The van der Waals surface area contributed by atoms with Gasteiger partial charge in [-0.25, -0.2) is 9.37 Å². The van der Waals surface area contributed by atoms with E-state index in [-0.39, 0.29) is 11.1 Å². The number of hydrogen-bond donors (Lipinski definition) is 2. The van der Waals surface area contributed by atoms with E-state index >= 15 is 0 Å². The normalized spacial score (nSPS) is 12.7. The van der Waals surface area contributed by atoms with E-state index in [1.54, 1.807) is 23.9 Å². The van der Waals surface area contributed by atoms with Gasteiger partial charge in [0.2, 0.25) is 0 Å². The summed E-state index contributed by atoms with van der Waals surface area (Å²) in [6.45, 7) is 2.51. The molecule has 0 aliphatic rings. The topological polar surface area (TPSA) is 54.7 Å². The predicted octanol–water partition coefficient (Wildman–Crippen LogP) is 3.80. The van der Waals surface area contributed by atoms with Crippen LogP contribution in [0.15, 0.2) is 47.6 Å². The van der Waals surface area contributed by atoms with Crippen LogP contribution in [0.25, 0.3) is 11.0 Å². The summed E-state index contributed by atoms with van der Waals surface area (Å²) in [4.78, 5) is 7.87. The van der Waals surface area contributed by atoms with Crippen molar-refractivity contribution in [3.05, 3.63) is 59.4 Å². The van der Waals surface area contributed by atoms with Crippen LogP contribution in [-0.4, -0.2) is 16.5 Å². The molecule has 0 aliphatic carbocycles. The average molecular weight is 301 g/mol. The number of benzene rings is 2. The molecule has 0 bridgehead atoms. The number of H-pyrrole nitrogens is 1.